The molecule has 138 valence electrons. The Morgan fingerprint density at radius 3 is 2.58 bits per heavy atom. The molecule has 2 aromatic rings. The number of nitrogens with one attached hydrogen (secondary N) is 3. The van der Waals surface area contributed by atoms with Crippen LogP contribution in [0.4, 0.5) is 17.2 Å². The van der Waals surface area contributed by atoms with Crippen LogP contribution in [0.3, 0.4) is 0 Å². The molecule has 3 rings (SSSR count). The van der Waals surface area contributed by atoms with Gasteiger partial charge in [-0.05, 0) is 26.0 Å². The van der Waals surface area contributed by atoms with Crippen LogP contribution < -0.4 is 16.1 Å². The van der Waals surface area contributed by atoms with E-state index in [9.17, 15) is 8.42 Å². The highest BCUT2D eigenvalue weighted by atomic mass is 32.2. The Balaban J connectivity index is 2.03. The molecule has 0 unspecified atom stereocenters. The minimum absolute atomic E-state index is 0.223. The van der Waals surface area contributed by atoms with Gasteiger partial charge in [0.2, 0.25) is 0 Å². The Hall–Kier alpha value is -2.65. The monoisotopic (exact) mass is 374 g/mol. The zero-order chi connectivity index (χ0) is 18.9. The molecule has 0 saturated heterocycles. The van der Waals surface area contributed by atoms with E-state index in [-0.39, 0.29) is 4.90 Å². The Labute approximate surface area is 153 Å². The molecule has 0 aliphatic carbocycles. The average Bonchev–Trinajstić information content (AvgIpc) is 2.92. The van der Waals surface area contributed by atoms with Crippen molar-refractivity contribution in [2.24, 2.45) is 0 Å². The van der Waals surface area contributed by atoms with E-state index in [2.05, 4.69) is 26.0 Å². The lowest BCUT2D eigenvalue weighted by atomic mass is 10.2. The van der Waals surface area contributed by atoms with Gasteiger partial charge in [0, 0.05) is 37.0 Å². The van der Waals surface area contributed by atoms with Crippen LogP contribution in [-0.4, -0.2) is 43.2 Å². The Morgan fingerprint density at radius 2 is 1.96 bits per heavy atom. The maximum Gasteiger partial charge on any atom is 0.177 e. The van der Waals surface area contributed by atoms with Crippen LogP contribution in [0, 0.1) is 13.8 Å². The normalized spacial score (nSPS) is 14.7. The van der Waals surface area contributed by atoms with Gasteiger partial charge < -0.3 is 16.1 Å². The first-order chi connectivity index (χ1) is 12.2. The lowest BCUT2D eigenvalue weighted by Gasteiger charge is -2.18. The number of hydrogen-bond donors (Lipinski definition) is 3. The number of hydrogen-bond acceptors (Lipinski definition) is 8. The van der Waals surface area contributed by atoms with Gasteiger partial charge >= 0.3 is 0 Å². The van der Waals surface area contributed by atoms with Crippen molar-refractivity contribution in [1.82, 2.24) is 20.4 Å². The van der Waals surface area contributed by atoms with Gasteiger partial charge in [-0.25, -0.2) is 23.4 Å². The molecule has 1 aromatic carbocycles. The first-order valence-corrected chi connectivity index (χ1v) is 9.97. The summed E-state index contributed by atoms with van der Waals surface area (Å²) in [4.78, 5) is 8.86. The van der Waals surface area contributed by atoms with Gasteiger partial charge in [-0.15, -0.1) is 0 Å². The van der Waals surface area contributed by atoms with Gasteiger partial charge in [-0.2, -0.15) is 0 Å². The molecule has 0 radical (unpaired) electrons. The van der Waals surface area contributed by atoms with Gasteiger partial charge in [0.15, 0.2) is 9.84 Å². The second-order valence-corrected chi connectivity index (χ2v) is 8.28. The summed E-state index contributed by atoms with van der Waals surface area (Å²) >= 11 is 0. The Morgan fingerprint density at radius 1 is 1.19 bits per heavy atom. The smallest absolute Gasteiger partial charge is 0.177 e. The molecule has 0 fully saturated rings. The molecule has 26 heavy (non-hydrogen) atoms. The van der Waals surface area contributed by atoms with Gasteiger partial charge in [0.25, 0.3) is 0 Å². The van der Waals surface area contributed by atoms with E-state index in [1.54, 1.807) is 12.1 Å². The average molecular weight is 374 g/mol. The quantitative estimate of drug-likeness (QED) is 0.730. The molecule has 8 nitrogen and oxygen atoms in total. The van der Waals surface area contributed by atoms with Crippen LogP contribution in [0.2, 0.25) is 0 Å². The van der Waals surface area contributed by atoms with Crippen molar-refractivity contribution in [3.63, 3.8) is 0 Å². The Kier molecular flexibility index (Phi) is 4.84. The number of sulfone groups is 1. The number of rotatable bonds is 5. The van der Waals surface area contributed by atoms with Crippen molar-refractivity contribution < 1.29 is 8.42 Å². The molecule has 1 aromatic heterocycles. The fraction of sp³-hybridized carbons (Fsp3) is 0.294. The highest BCUT2D eigenvalue weighted by Crippen LogP contribution is 2.33. The molecule has 1 aliphatic heterocycles. The van der Waals surface area contributed by atoms with E-state index in [0.29, 0.717) is 29.6 Å². The fourth-order valence-corrected chi connectivity index (χ4v) is 3.62. The number of benzene rings is 1. The van der Waals surface area contributed by atoms with Gasteiger partial charge in [0.05, 0.1) is 22.8 Å². The van der Waals surface area contributed by atoms with E-state index < -0.39 is 9.84 Å². The molecular weight excluding hydrogens is 352 g/mol. The molecule has 0 atom stereocenters. The summed E-state index contributed by atoms with van der Waals surface area (Å²) < 4.78 is 24.5. The Bertz CT molecular complexity index is 951. The zero-order valence-corrected chi connectivity index (χ0v) is 16.0. The summed E-state index contributed by atoms with van der Waals surface area (Å²) in [5.41, 5.74) is 5.86. The standard InChI is InChI=1S/C17H22N6O2S/c1-11-8-16(20-12(2)19-11)22-14-6-5-7-15(26(4,24)25)17(14)21-13-9-18-23(3)10-13/h5-9,18,21H,10H2,1-4H3,(H,19,20,22). The van der Waals surface area contributed by atoms with Crippen LogP contribution in [-0.2, 0) is 9.84 Å². The summed E-state index contributed by atoms with van der Waals surface area (Å²) in [7, 11) is -1.51. The van der Waals surface area contributed by atoms with E-state index in [1.165, 1.54) is 6.26 Å². The van der Waals surface area contributed by atoms with Gasteiger partial charge in [-0.3, -0.25) is 0 Å². The zero-order valence-electron chi connectivity index (χ0n) is 15.2. The van der Waals surface area contributed by atoms with Crippen molar-refractivity contribution in [1.29, 1.82) is 0 Å². The lowest BCUT2D eigenvalue weighted by Crippen LogP contribution is -2.25. The molecule has 0 saturated carbocycles. The number of aryl methyl sites for hydroxylation is 2. The highest BCUT2D eigenvalue weighted by molar-refractivity contribution is 7.90. The third-order valence-electron chi connectivity index (χ3n) is 3.81. The van der Waals surface area contributed by atoms with Crippen LogP contribution in [0.15, 0.2) is 41.1 Å². The third kappa shape index (κ3) is 4.12. The van der Waals surface area contributed by atoms with E-state index in [0.717, 1.165) is 11.4 Å². The predicted molar refractivity (Wildman–Crippen MR) is 102 cm³/mol. The van der Waals surface area contributed by atoms with Crippen molar-refractivity contribution in [3.8, 4) is 0 Å². The SMILES string of the molecule is Cc1cc(Nc2cccc(S(C)(=O)=O)c2NC2=CNN(C)C2)nc(C)n1. The molecule has 1 aliphatic rings. The summed E-state index contributed by atoms with van der Waals surface area (Å²) in [6.07, 6.45) is 3.01. The predicted octanol–water partition coefficient (Wildman–Crippen LogP) is 1.94. The molecule has 3 N–H and O–H groups in total. The largest absolute Gasteiger partial charge is 0.354 e. The first-order valence-electron chi connectivity index (χ1n) is 8.08. The van der Waals surface area contributed by atoms with Crippen molar-refractivity contribution in [2.45, 2.75) is 18.7 Å². The second-order valence-electron chi connectivity index (χ2n) is 6.30. The minimum atomic E-state index is -3.42. The van der Waals surface area contributed by atoms with E-state index in [4.69, 9.17) is 0 Å². The molecule has 9 heteroatoms. The van der Waals surface area contributed by atoms with Crippen molar-refractivity contribution in [3.05, 3.63) is 47.7 Å². The number of likely N-dealkylation sites (N-methyl/N-ethyl adjacent to an activating group) is 1. The van der Waals surface area contributed by atoms with E-state index in [1.807, 2.05) is 44.2 Å². The van der Waals surface area contributed by atoms with Crippen molar-refractivity contribution >= 4 is 27.0 Å². The summed E-state index contributed by atoms with van der Waals surface area (Å²) in [6, 6.07) is 6.93. The van der Waals surface area contributed by atoms with Gasteiger partial charge in [0.1, 0.15) is 11.6 Å². The van der Waals surface area contributed by atoms with E-state index >= 15 is 0 Å². The number of aromatic nitrogens is 2. The topological polar surface area (TPSA) is 99.2 Å². The highest BCUT2D eigenvalue weighted by Gasteiger charge is 2.20. The summed E-state index contributed by atoms with van der Waals surface area (Å²) in [5, 5.41) is 8.33. The summed E-state index contributed by atoms with van der Waals surface area (Å²) in [6.45, 7) is 4.33. The second kappa shape index (κ2) is 6.93. The first kappa shape index (κ1) is 18.2. The number of anilines is 3. The molecule has 0 bridgehead atoms. The maximum atomic E-state index is 12.3. The summed E-state index contributed by atoms with van der Waals surface area (Å²) in [5.74, 6) is 1.25. The molecule has 2 heterocycles. The third-order valence-corrected chi connectivity index (χ3v) is 4.95. The molecule has 0 spiro atoms. The van der Waals surface area contributed by atoms with Crippen LogP contribution in [0.1, 0.15) is 11.5 Å². The van der Waals surface area contributed by atoms with Crippen LogP contribution >= 0.6 is 0 Å². The van der Waals surface area contributed by atoms with Gasteiger partial charge in [-0.1, -0.05) is 6.07 Å². The molecule has 0 amide bonds. The lowest BCUT2D eigenvalue weighted by molar-refractivity contribution is 0.329. The van der Waals surface area contributed by atoms with Crippen LogP contribution in [0.5, 0.6) is 0 Å². The molecular formula is C17H22N6O2S. The minimum Gasteiger partial charge on any atom is -0.354 e. The van der Waals surface area contributed by atoms with Crippen LogP contribution in [0.25, 0.3) is 0 Å². The number of para-hydroxylation sites is 1. The maximum absolute atomic E-state index is 12.3. The number of nitrogens with zero attached hydrogens (tertiary/aromatic N) is 3. The van der Waals surface area contributed by atoms with Crippen molar-refractivity contribution in [2.75, 3.05) is 30.5 Å². The fourth-order valence-electron chi connectivity index (χ4n) is 2.76. The number of hydrazine groups is 1.